The Balaban J connectivity index is 1.63. The van der Waals surface area contributed by atoms with Crippen molar-refractivity contribution in [2.75, 3.05) is 0 Å². The van der Waals surface area contributed by atoms with Crippen molar-refractivity contribution in [3.05, 3.63) is 53.4 Å². The van der Waals surface area contributed by atoms with E-state index in [9.17, 15) is 12.8 Å². The van der Waals surface area contributed by atoms with Gasteiger partial charge < -0.3 is 8.98 Å². The summed E-state index contributed by atoms with van der Waals surface area (Å²) in [6, 6.07) is 5.87. The fourth-order valence-electron chi connectivity index (χ4n) is 3.94. The molecule has 2 heterocycles. The van der Waals surface area contributed by atoms with Crippen molar-refractivity contribution >= 4 is 9.84 Å². The highest BCUT2D eigenvalue weighted by atomic mass is 32.2. The number of hydrogen-bond acceptors (Lipinski definition) is 5. The van der Waals surface area contributed by atoms with E-state index in [0.29, 0.717) is 11.3 Å². The molecule has 1 aliphatic rings. The SMILES string of the molecule is Cc1nc(S(=O)(=O)Cc2coc(-c3ccc(F)cc3)n2)n(C2CCCCC2)c1C. The lowest BCUT2D eigenvalue weighted by Crippen LogP contribution is -2.20. The van der Waals surface area contributed by atoms with E-state index in [-0.39, 0.29) is 28.7 Å². The number of rotatable bonds is 5. The third-order valence-corrected chi connectivity index (χ3v) is 7.07. The summed E-state index contributed by atoms with van der Waals surface area (Å²) in [6.07, 6.45) is 6.67. The Bertz CT molecular complexity index is 1110. The van der Waals surface area contributed by atoms with Crippen molar-refractivity contribution in [3.8, 4) is 11.5 Å². The quantitative estimate of drug-likeness (QED) is 0.597. The minimum absolute atomic E-state index is 0.116. The van der Waals surface area contributed by atoms with Gasteiger partial charge in [0.25, 0.3) is 0 Å². The molecule has 4 rings (SSSR count). The van der Waals surface area contributed by atoms with Gasteiger partial charge in [0, 0.05) is 17.3 Å². The van der Waals surface area contributed by atoms with Gasteiger partial charge in [-0.2, -0.15) is 0 Å². The third-order valence-electron chi connectivity index (χ3n) is 5.55. The largest absolute Gasteiger partial charge is 0.444 e. The highest BCUT2D eigenvalue weighted by molar-refractivity contribution is 7.90. The molecule has 2 aromatic heterocycles. The molecule has 0 amide bonds. The summed E-state index contributed by atoms with van der Waals surface area (Å²) in [5.74, 6) is -0.387. The highest BCUT2D eigenvalue weighted by Crippen LogP contribution is 2.33. The average molecular weight is 418 g/mol. The Morgan fingerprint density at radius 2 is 1.79 bits per heavy atom. The van der Waals surface area contributed by atoms with Crippen molar-refractivity contribution in [2.24, 2.45) is 0 Å². The number of aryl methyl sites for hydroxylation is 1. The van der Waals surface area contributed by atoms with Gasteiger partial charge in [-0.05, 0) is 51.0 Å². The Hall–Kier alpha value is -2.48. The molecular weight excluding hydrogens is 393 g/mol. The summed E-state index contributed by atoms with van der Waals surface area (Å²) in [5.41, 5.74) is 2.53. The van der Waals surface area contributed by atoms with E-state index in [0.717, 1.165) is 37.1 Å². The molecule has 0 saturated heterocycles. The number of halogens is 1. The first-order valence-electron chi connectivity index (χ1n) is 9.83. The minimum atomic E-state index is -3.70. The lowest BCUT2D eigenvalue weighted by atomic mass is 9.95. The van der Waals surface area contributed by atoms with Gasteiger partial charge in [-0.15, -0.1) is 0 Å². The molecule has 1 saturated carbocycles. The second-order valence-corrected chi connectivity index (χ2v) is 9.52. The molecule has 0 aliphatic heterocycles. The molecule has 1 aliphatic carbocycles. The van der Waals surface area contributed by atoms with Crippen LogP contribution in [0.3, 0.4) is 0 Å². The fraction of sp³-hybridized carbons (Fsp3) is 0.429. The summed E-state index contributed by atoms with van der Waals surface area (Å²) in [5, 5.41) is 0.116. The van der Waals surface area contributed by atoms with Crippen LogP contribution in [-0.2, 0) is 15.6 Å². The Kier molecular flexibility index (Phi) is 5.29. The van der Waals surface area contributed by atoms with Crippen molar-refractivity contribution in [3.63, 3.8) is 0 Å². The zero-order chi connectivity index (χ0) is 20.6. The van der Waals surface area contributed by atoms with Crippen LogP contribution in [0.2, 0.25) is 0 Å². The van der Waals surface area contributed by atoms with E-state index in [1.807, 2.05) is 18.4 Å². The average Bonchev–Trinajstić information content (AvgIpc) is 3.28. The van der Waals surface area contributed by atoms with E-state index in [1.165, 1.54) is 24.8 Å². The maximum Gasteiger partial charge on any atom is 0.228 e. The van der Waals surface area contributed by atoms with Crippen molar-refractivity contribution in [1.82, 2.24) is 14.5 Å². The van der Waals surface area contributed by atoms with Crippen molar-refractivity contribution in [2.45, 2.75) is 62.9 Å². The monoisotopic (exact) mass is 417 g/mol. The molecule has 1 fully saturated rings. The van der Waals surface area contributed by atoms with E-state index in [1.54, 1.807) is 12.1 Å². The highest BCUT2D eigenvalue weighted by Gasteiger charge is 2.30. The van der Waals surface area contributed by atoms with Gasteiger partial charge in [-0.25, -0.2) is 22.8 Å². The topological polar surface area (TPSA) is 78.0 Å². The number of imidazole rings is 1. The van der Waals surface area contributed by atoms with E-state index < -0.39 is 9.84 Å². The second kappa shape index (κ2) is 7.74. The van der Waals surface area contributed by atoms with Gasteiger partial charge >= 0.3 is 0 Å². The number of hydrogen-bond donors (Lipinski definition) is 0. The number of benzene rings is 1. The van der Waals surface area contributed by atoms with Crippen LogP contribution >= 0.6 is 0 Å². The van der Waals surface area contributed by atoms with Crippen molar-refractivity contribution in [1.29, 1.82) is 0 Å². The van der Waals surface area contributed by atoms with Crippen LogP contribution in [0, 0.1) is 19.7 Å². The first-order valence-corrected chi connectivity index (χ1v) is 11.5. The zero-order valence-corrected chi connectivity index (χ0v) is 17.4. The second-order valence-electron chi connectivity index (χ2n) is 7.64. The van der Waals surface area contributed by atoms with Crippen LogP contribution in [-0.4, -0.2) is 23.0 Å². The van der Waals surface area contributed by atoms with Crippen LogP contribution < -0.4 is 0 Å². The van der Waals surface area contributed by atoms with Gasteiger partial charge in [0.05, 0.1) is 11.4 Å². The van der Waals surface area contributed by atoms with Crippen LogP contribution in [0.15, 0.2) is 40.1 Å². The summed E-state index contributed by atoms with van der Waals surface area (Å²) >= 11 is 0. The van der Waals surface area contributed by atoms with E-state index >= 15 is 0 Å². The smallest absolute Gasteiger partial charge is 0.228 e. The van der Waals surface area contributed by atoms with E-state index in [4.69, 9.17) is 4.42 Å². The van der Waals surface area contributed by atoms with Crippen LogP contribution in [0.1, 0.15) is 55.2 Å². The zero-order valence-electron chi connectivity index (χ0n) is 16.6. The lowest BCUT2D eigenvalue weighted by molar-refractivity contribution is 0.329. The first kappa shape index (κ1) is 19.8. The normalized spacial score (nSPS) is 15.7. The van der Waals surface area contributed by atoms with Gasteiger partial charge in [-0.3, -0.25) is 0 Å². The molecule has 3 aromatic rings. The lowest BCUT2D eigenvalue weighted by Gasteiger charge is -2.26. The predicted octanol–water partition coefficient (Wildman–Crippen LogP) is 4.77. The number of nitrogens with zero attached hydrogens (tertiary/aromatic N) is 3. The van der Waals surface area contributed by atoms with E-state index in [2.05, 4.69) is 9.97 Å². The fourth-order valence-corrected chi connectivity index (χ4v) is 5.46. The summed E-state index contributed by atoms with van der Waals surface area (Å²) in [4.78, 5) is 8.69. The summed E-state index contributed by atoms with van der Waals surface area (Å²) in [6.45, 7) is 3.77. The molecule has 0 radical (unpaired) electrons. The molecular formula is C21H24FN3O3S. The maximum absolute atomic E-state index is 13.2. The Morgan fingerprint density at radius 1 is 1.10 bits per heavy atom. The molecule has 1 aromatic carbocycles. The number of sulfone groups is 1. The molecule has 154 valence electrons. The van der Waals surface area contributed by atoms with Gasteiger partial charge in [0.1, 0.15) is 17.8 Å². The molecule has 8 heteroatoms. The Morgan fingerprint density at radius 3 is 2.48 bits per heavy atom. The van der Waals surface area contributed by atoms with Crippen LogP contribution in [0.4, 0.5) is 4.39 Å². The molecule has 0 N–H and O–H groups in total. The standard InChI is InChI=1S/C21H24FN3O3S/c1-14-15(2)25(19-6-4-3-5-7-19)21(23-14)29(26,27)13-18-12-28-20(24-18)16-8-10-17(22)11-9-16/h8-12,19H,3-7,13H2,1-2H3. The maximum atomic E-state index is 13.2. The summed E-state index contributed by atoms with van der Waals surface area (Å²) in [7, 11) is -3.70. The van der Waals surface area contributed by atoms with Gasteiger partial charge in [0.2, 0.25) is 20.9 Å². The molecule has 29 heavy (non-hydrogen) atoms. The van der Waals surface area contributed by atoms with Gasteiger partial charge in [0.15, 0.2) is 0 Å². The first-order chi connectivity index (χ1) is 13.8. The predicted molar refractivity (Wildman–Crippen MR) is 107 cm³/mol. The number of aromatic nitrogens is 3. The minimum Gasteiger partial charge on any atom is -0.444 e. The number of oxazole rings is 1. The molecule has 0 spiro atoms. The van der Waals surface area contributed by atoms with Crippen LogP contribution in [0.5, 0.6) is 0 Å². The van der Waals surface area contributed by atoms with Crippen LogP contribution in [0.25, 0.3) is 11.5 Å². The molecule has 0 bridgehead atoms. The Labute approximate surface area is 169 Å². The van der Waals surface area contributed by atoms with Gasteiger partial charge in [-0.1, -0.05) is 19.3 Å². The summed E-state index contributed by atoms with van der Waals surface area (Å²) < 4.78 is 46.8. The third kappa shape index (κ3) is 3.99. The molecule has 6 nitrogen and oxygen atoms in total. The van der Waals surface area contributed by atoms with Crippen molar-refractivity contribution < 1.29 is 17.2 Å². The molecule has 0 unspecified atom stereocenters. The molecule has 0 atom stereocenters.